The third-order valence-corrected chi connectivity index (χ3v) is 3.25. The van der Waals surface area contributed by atoms with Gasteiger partial charge >= 0.3 is 0 Å². The number of carbonyl (C=O) groups excluding carboxylic acids is 2. The Morgan fingerprint density at radius 2 is 1.96 bits per heavy atom. The Bertz CT molecular complexity index is 737. The van der Waals surface area contributed by atoms with Crippen LogP contribution in [0.3, 0.4) is 0 Å². The van der Waals surface area contributed by atoms with Crippen LogP contribution in [0.15, 0.2) is 28.8 Å². The van der Waals surface area contributed by atoms with Gasteiger partial charge < -0.3 is 20.5 Å². The first-order chi connectivity index (χ1) is 11.3. The summed E-state index contributed by atoms with van der Waals surface area (Å²) < 4.78 is 4.89. The first kappa shape index (κ1) is 17.5. The van der Waals surface area contributed by atoms with Gasteiger partial charge in [-0.3, -0.25) is 9.59 Å². The highest BCUT2D eigenvalue weighted by Crippen LogP contribution is 2.15. The standard InChI is InChI=1S/C17H22N4O3/c1-10(2)19-17(23)14-8-13(6-5-11(14)3)18-9-16(22)20-15-7-12(4)24-21-15/h5-8,10,18H,9H2,1-4H3,(H,19,23)(H,20,21,22). The molecule has 128 valence electrons. The molecule has 1 aromatic carbocycles. The van der Waals surface area contributed by atoms with Crippen LogP contribution in [-0.4, -0.2) is 29.6 Å². The van der Waals surface area contributed by atoms with Gasteiger partial charge in [0.25, 0.3) is 5.91 Å². The fourth-order valence-electron chi connectivity index (χ4n) is 2.11. The lowest BCUT2D eigenvalue weighted by Gasteiger charge is -2.13. The van der Waals surface area contributed by atoms with Crippen LogP contribution in [0.5, 0.6) is 0 Å². The van der Waals surface area contributed by atoms with Crippen LogP contribution in [0.25, 0.3) is 0 Å². The predicted octanol–water partition coefficient (Wildman–Crippen LogP) is 2.48. The van der Waals surface area contributed by atoms with Crippen molar-refractivity contribution >= 4 is 23.3 Å². The molecule has 0 saturated heterocycles. The van der Waals surface area contributed by atoms with Gasteiger partial charge in [-0.2, -0.15) is 0 Å². The van der Waals surface area contributed by atoms with Crippen molar-refractivity contribution in [3.63, 3.8) is 0 Å². The third kappa shape index (κ3) is 4.84. The molecule has 0 aliphatic rings. The summed E-state index contributed by atoms with van der Waals surface area (Å²) in [7, 11) is 0. The van der Waals surface area contributed by atoms with Crippen molar-refractivity contribution in [1.82, 2.24) is 10.5 Å². The van der Waals surface area contributed by atoms with Crippen LogP contribution in [0.4, 0.5) is 11.5 Å². The molecule has 0 unspecified atom stereocenters. The minimum atomic E-state index is -0.253. The number of anilines is 2. The molecule has 0 bridgehead atoms. The second-order valence-electron chi connectivity index (χ2n) is 5.88. The number of amides is 2. The minimum absolute atomic E-state index is 0.0558. The SMILES string of the molecule is Cc1cc(NC(=O)CNc2ccc(C)c(C(=O)NC(C)C)c2)no1. The predicted molar refractivity (Wildman–Crippen MR) is 92.1 cm³/mol. The van der Waals surface area contributed by atoms with E-state index in [4.69, 9.17) is 4.52 Å². The molecule has 24 heavy (non-hydrogen) atoms. The van der Waals surface area contributed by atoms with E-state index >= 15 is 0 Å². The topological polar surface area (TPSA) is 96.3 Å². The normalized spacial score (nSPS) is 10.5. The maximum absolute atomic E-state index is 12.2. The van der Waals surface area contributed by atoms with Gasteiger partial charge in [0.15, 0.2) is 5.82 Å². The number of aromatic nitrogens is 1. The summed E-state index contributed by atoms with van der Waals surface area (Å²) in [5.74, 6) is 0.614. The zero-order chi connectivity index (χ0) is 17.7. The quantitative estimate of drug-likeness (QED) is 0.756. The third-order valence-electron chi connectivity index (χ3n) is 3.25. The number of carbonyl (C=O) groups is 2. The monoisotopic (exact) mass is 330 g/mol. The van der Waals surface area contributed by atoms with E-state index < -0.39 is 0 Å². The zero-order valence-electron chi connectivity index (χ0n) is 14.3. The van der Waals surface area contributed by atoms with Gasteiger partial charge in [0.1, 0.15) is 5.76 Å². The first-order valence-electron chi connectivity index (χ1n) is 7.73. The summed E-state index contributed by atoms with van der Waals surface area (Å²) >= 11 is 0. The van der Waals surface area contributed by atoms with E-state index in [1.54, 1.807) is 19.1 Å². The van der Waals surface area contributed by atoms with E-state index in [0.717, 1.165) is 5.56 Å². The molecule has 2 rings (SSSR count). The van der Waals surface area contributed by atoms with Gasteiger partial charge in [-0.25, -0.2) is 0 Å². The molecule has 0 aliphatic carbocycles. The summed E-state index contributed by atoms with van der Waals surface area (Å²) in [5, 5.41) is 12.2. The van der Waals surface area contributed by atoms with Gasteiger partial charge in [0.05, 0.1) is 6.54 Å². The van der Waals surface area contributed by atoms with E-state index in [-0.39, 0.29) is 24.4 Å². The Hall–Kier alpha value is -2.83. The van der Waals surface area contributed by atoms with Crippen LogP contribution in [-0.2, 0) is 4.79 Å². The Morgan fingerprint density at radius 1 is 1.21 bits per heavy atom. The number of hydrogen-bond donors (Lipinski definition) is 3. The van der Waals surface area contributed by atoms with E-state index in [9.17, 15) is 9.59 Å². The highest BCUT2D eigenvalue weighted by molar-refractivity contribution is 5.97. The molecule has 0 saturated carbocycles. The molecule has 0 aliphatic heterocycles. The number of benzene rings is 1. The minimum Gasteiger partial charge on any atom is -0.376 e. The number of nitrogens with one attached hydrogen (secondary N) is 3. The molecule has 1 heterocycles. The van der Waals surface area contributed by atoms with E-state index in [1.807, 2.05) is 32.9 Å². The van der Waals surface area contributed by atoms with Crippen LogP contribution in [0, 0.1) is 13.8 Å². The molecular formula is C17H22N4O3. The van der Waals surface area contributed by atoms with E-state index in [1.165, 1.54) is 0 Å². The van der Waals surface area contributed by atoms with Crippen LogP contribution in [0.2, 0.25) is 0 Å². The smallest absolute Gasteiger partial charge is 0.251 e. The summed E-state index contributed by atoms with van der Waals surface area (Å²) in [6, 6.07) is 7.11. The average Bonchev–Trinajstić information content (AvgIpc) is 2.90. The summed E-state index contributed by atoms with van der Waals surface area (Å²) in [6.45, 7) is 7.49. The van der Waals surface area contributed by atoms with Crippen molar-refractivity contribution in [2.45, 2.75) is 33.7 Å². The fourth-order valence-corrected chi connectivity index (χ4v) is 2.11. The van der Waals surface area contributed by atoms with Crippen LogP contribution in [0.1, 0.15) is 35.5 Å². The van der Waals surface area contributed by atoms with Crippen molar-refractivity contribution in [2.24, 2.45) is 0 Å². The highest BCUT2D eigenvalue weighted by Gasteiger charge is 2.12. The largest absolute Gasteiger partial charge is 0.376 e. The fraction of sp³-hybridized carbons (Fsp3) is 0.353. The Balaban J connectivity index is 1.97. The molecule has 0 spiro atoms. The lowest BCUT2D eigenvalue weighted by atomic mass is 10.1. The van der Waals surface area contributed by atoms with Crippen molar-refractivity contribution in [1.29, 1.82) is 0 Å². The maximum atomic E-state index is 12.2. The Labute approximate surface area is 140 Å². The van der Waals surface area contributed by atoms with Gasteiger partial charge in [-0.05, 0) is 45.4 Å². The molecule has 1 aromatic heterocycles. The zero-order valence-corrected chi connectivity index (χ0v) is 14.3. The molecular weight excluding hydrogens is 308 g/mol. The lowest BCUT2D eigenvalue weighted by molar-refractivity contribution is -0.114. The van der Waals surface area contributed by atoms with Crippen molar-refractivity contribution in [2.75, 3.05) is 17.2 Å². The second kappa shape index (κ2) is 7.63. The summed E-state index contributed by atoms with van der Waals surface area (Å²) in [5.41, 5.74) is 2.16. The second-order valence-corrected chi connectivity index (χ2v) is 5.88. The lowest BCUT2D eigenvalue weighted by Crippen LogP contribution is -2.30. The Kier molecular flexibility index (Phi) is 5.57. The highest BCUT2D eigenvalue weighted by atomic mass is 16.5. The Morgan fingerprint density at radius 3 is 2.58 bits per heavy atom. The molecule has 3 N–H and O–H groups in total. The van der Waals surface area contributed by atoms with Crippen molar-refractivity contribution in [3.05, 3.63) is 41.2 Å². The molecule has 0 atom stereocenters. The number of hydrogen-bond acceptors (Lipinski definition) is 5. The van der Waals surface area contributed by atoms with Gasteiger partial charge in [-0.15, -0.1) is 0 Å². The number of rotatable bonds is 6. The summed E-state index contributed by atoms with van der Waals surface area (Å²) in [6.07, 6.45) is 0. The summed E-state index contributed by atoms with van der Waals surface area (Å²) in [4.78, 5) is 24.1. The average molecular weight is 330 g/mol. The van der Waals surface area contributed by atoms with Gasteiger partial charge in [0.2, 0.25) is 5.91 Å². The van der Waals surface area contributed by atoms with E-state index in [0.29, 0.717) is 22.8 Å². The van der Waals surface area contributed by atoms with Crippen molar-refractivity contribution in [3.8, 4) is 0 Å². The number of aryl methyl sites for hydroxylation is 2. The molecule has 0 fully saturated rings. The molecule has 0 radical (unpaired) electrons. The van der Waals surface area contributed by atoms with Gasteiger partial charge in [0, 0.05) is 23.4 Å². The number of nitrogens with zero attached hydrogens (tertiary/aromatic N) is 1. The van der Waals surface area contributed by atoms with Crippen LogP contribution >= 0.6 is 0 Å². The molecule has 7 nitrogen and oxygen atoms in total. The molecule has 2 amide bonds. The van der Waals surface area contributed by atoms with Crippen LogP contribution < -0.4 is 16.0 Å². The first-order valence-corrected chi connectivity index (χ1v) is 7.73. The maximum Gasteiger partial charge on any atom is 0.251 e. The van der Waals surface area contributed by atoms with Gasteiger partial charge in [-0.1, -0.05) is 11.2 Å². The van der Waals surface area contributed by atoms with E-state index in [2.05, 4.69) is 21.1 Å². The molecule has 2 aromatic rings. The van der Waals surface area contributed by atoms with Crippen molar-refractivity contribution < 1.29 is 14.1 Å². The molecule has 7 heteroatoms.